The maximum absolute atomic E-state index is 13.2. The molecule has 0 aliphatic heterocycles. The standard InChI is InChI=1S/C45H40N2O4/c1-29-13-5-11-19-41(29)50-31(3)43(48)46-35-25-21-33(22-26-35)45(39-17-9-7-15-37(39)38-16-8-10-18-40(38)45)34-23-27-36(28-24-34)47-44(49)32(4)51-42-20-12-6-14-30(42)2/h5-28,31-32H,1-4H3,(H,46,48)(H,47,49)/t31-,32-/m0/s1. The number of ether oxygens (including phenoxy) is 2. The van der Waals surface area contributed by atoms with Gasteiger partial charge in [0.15, 0.2) is 12.2 Å². The summed E-state index contributed by atoms with van der Waals surface area (Å²) < 4.78 is 11.9. The predicted molar refractivity (Wildman–Crippen MR) is 204 cm³/mol. The summed E-state index contributed by atoms with van der Waals surface area (Å²) in [6.07, 6.45) is -1.36. The zero-order valence-corrected chi connectivity index (χ0v) is 29.1. The van der Waals surface area contributed by atoms with E-state index in [1.807, 2.05) is 86.6 Å². The van der Waals surface area contributed by atoms with Crippen molar-refractivity contribution in [1.29, 1.82) is 0 Å². The largest absolute Gasteiger partial charge is 0.481 e. The normalized spacial score (nSPS) is 13.6. The van der Waals surface area contributed by atoms with Gasteiger partial charge in [-0.1, -0.05) is 109 Å². The van der Waals surface area contributed by atoms with Crippen molar-refractivity contribution >= 4 is 23.2 Å². The van der Waals surface area contributed by atoms with E-state index in [1.54, 1.807) is 13.8 Å². The quantitative estimate of drug-likeness (QED) is 0.152. The van der Waals surface area contributed by atoms with Gasteiger partial charge >= 0.3 is 0 Å². The fraction of sp³-hybridized carbons (Fsp3) is 0.156. The number of hydrogen-bond donors (Lipinski definition) is 2. The zero-order valence-electron chi connectivity index (χ0n) is 29.1. The monoisotopic (exact) mass is 672 g/mol. The van der Waals surface area contributed by atoms with Crippen LogP contribution in [0.2, 0.25) is 0 Å². The van der Waals surface area contributed by atoms with Gasteiger partial charge in [0.2, 0.25) is 0 Å². The molecule has 6 nitrogen and oxygen atoms in total. The van der Waals surface area contributed by atoms with Crippen LogP contribution >= 0.6 is 0 Å². The molecule has 51 heavy (non-hydrogen) atoms. The summed E-state index contributed by atoms with van der Waals surface area (Å²) >= 11 is 0. The van der Waals surface area contributed by atoms with Gasteiger partial charge in [-0.05, 0) is 109 Å². The van der Waals surface area contributed by atoms with E-state index in [9.17, 15) is 9.59 Å². The lowest BCUT2D eigenvalue weighted by atomic mass is 9.67. The zero-order chi connectivity index (χ0) is 35.5. The highest BCUT2D eigenvalue weighted by molar-refractivity contribution is 5.95. The molecule has 2 N–H and O–H groups in total. The molecule has 6 aromatic carbocycles. The number of nitrogens with one attached hydrogen (secondary N) is 2. The molecule has 0 spiro atoms. The summed E-state index contributed by atoms with van der Waals surface area (Å²) in [6, 6.07) is 48.5. The van der Waals surface area contributed by atoms with E-state index in [-0.39, 0.29) is 11.8 Å². The Balaban J connectivity index is 1.19. The van der Waals surface area contributed by atoms with E-state index >= 15 is 0 Å². The molecular weight excluding hydrogens is 633 g/mol. The highest BCUT2D eigenvalue weighted by Gasteiger charge is 2.45. The van der Waals surface area contributed by atoms with E-state index < -0.39 is 17.6 Å². The van der Waals surface area contributed by atoms with E-state index in [0.29, 0.717) is 22.9 Å². The minimum atomic E-state index is -0.679. The molecule has 0 bridgehead atoms. The first-order valence-electron chi connectivity index (χ1n) is 17.2. The number of aryl methyl sites for hydroxylation is 2. The van der Waals surface area contributed by atoms with Gasteiger partial charge in [0.1, 0.15) is 11.5 Å². The Kier molecular flexibility index (Phi) is 9.16. The van der Waals surface area contributed by atoms with Crippen LogP contribution in [0.1, 0.15) is 47.2 Å². The van der Waals surface area contributed by atoms with Crippen LogP contribution in [0.25, 0.3) is 11.1 Å². The number of anilines is 2. The van der Waals surface area contributed by atoms with Crippen LogP contribution in [0.3, 0.4) is 0 Å². The van der Waals surface area contributed by atoms with Crippen LogP contribution in [0, 0.1) is 13.8 Å². The molecule has 0 fully saturated rings. The number of fused-ring (bicyclic) bond motifs is 3. The van der Waals surface area contributed by atoms with Crippen LogP contribution < -0.4 is 20.1 Å². The lowest BCUT2D eigenvalue weighted by molar-refractivity contribution is -0.122. The molecule has 7 rings (SSSR count). The van der Waals surface area contributed by atoms with Crippen LogP contribution in [0.4, 0.5) is 11.4 Å². The summed E-state index contributed by atoms with van der Waals surface area (Å²) in [5.74, 6) is 0.917. The van der Waals surface area contributed by atoms with Gasteiger partial charge in [0.05, 0.1) is 5.41 Å². The Hall–Kier alpha value is -6.14. The van der Waals surface area contributed by atoms with Crippen molar-refractivity contribution in [3.63, 3.8) is 0 Å². The van der Waals surface area contributed by atoms with Gasteiger partial charge < -0.3 is 20.1 Å². The number of hydrogen-bond acceptors (Lipinski definition) is 4. The molecule has 0 heterocycles. The average molecular weight is 673 g/mol. The Morgan fingerprint density at radius 1 is 0.490 bits per heavy atom. The molecule has 0 saturated carbocycles. The minimum absolute atomic E-state index is 0.228. The summed E-state index contributed by atoms with van der Waals surface area (Å²) in [4.78, 5) is 26.3. The van der Waals surface area contributed by atoms with Crippen LogP contribution in [-0.4, -0.2) is 24.0 Å². The lowest BCUT2D eigenvalue weighted by Crippen LogP contribution is -2.31. The van der Waals surface area contributed by atoms with Gasteiger partial charge in [-0.25, -0.2) is 0 Å². The fourth-order valence-electron chi connectivity index (χ4n) is 6.98. The fourth-order valence-corrected chi connectivity index (χ4v) is 6.98. The molecule has 2 atom stereocenters. The Morgan fingerprint density at radius 3 is 1.24 bits per heavy atom. The maximum Gasteiger partial charge on any atom is 0.265 e. The smallest absolute Gasteiger partial charge is 0.265 e. The second-order valence-electron chi connectivity index (χ2n) is 13.0. The number of rotatable bonds is 10. The summed E-state index contributed by atoms with van der Waals surface area (Å²) in [6.45, 7) is 7.42. The minimum Gasteiger partial charge on any atom is -0.481 e. The number of amides is 2. The second kappa shape index (κ2) is 14.0. The molecule has 2 amide bonds. The second-order valence-corrected chi connectivity index (χ2v) is 13.0. The van der Waals surface area contributed by atoms with Crippen molar-refractivity contribution in [3.8, 4) is 22.6 Å². The summed E-state index contributed by atoms with van der Waals surface area (Å²) in [5, 5.41) is 6.06. The molecule has 1 aliphatic rings. The first-order valence-corrected chi connectivity index (χ1v) is 17.2. The predicted octanol–water partition coefficient (Wildman–Crippen LogP) is 9.48. The van der Waals surface area contributed by atoms with E-state index in [4.69, 9.17) is 9.47 Å². The Bertz CT molecular complexity index is 2050. The van der Waals surface area contributed by atoms with Crippen molar-refractivity contribution in [3.05, 3.63) is 179 Å². The topological polar surface area (TPSA) is 76.7 Å². The van der Waals surface area contributed by atoms with Crippen molar-refractivity contribution in [2.45, 2.75) is 45.3 Å². The van der Waals surface area contributed by atoms with E-state index in [1.165, 1.54) is 22.3 Å². The Labute approximate surface area is 299 Å². The third-order valence-corrected chi connectivity index (χ3v) is 9.66. The molecule has 0 radical (unpaired) electrons. The Morgan fingerprint density at radius 2 is 0.843 bits per heavy atom. The van der Waals surface area contributed by atoms with Crippen molar-refractivity contribution in [1.82, 2.24) is 0 Å². The summed E-state index contributed by atoms with van der Waals surface area (Å²) in [5.41, 5.74) is 9.46. The number of para-hydroxylation sites is 2. The van der Waals surface area contributed by atoms with E-state index in [2.05, 4.69) is 83.4 Å². The first kappa shape index (κ1) is 33.4. The van der Waals surface area contributed by atoms with Gasteiger partial charge in [-0.3, -0.25) is 9.59 Å². The molecule has 6 heteroatoms. The van der Waals surface area contributed by atoms with Crippen molar-refractivity contribution in [2.24, 2.45) is 0 Å². The van der Waals surface area contributed by atoms with Crippen LogP contribution in [-0.2, 0) is 15.0 Å². The van der Waals surface area contributed by atoms with Crippen molar-refractivity contribution < 1.29 is 19.1 Å². The summed E-state index contributed by atoms with van der Waals surface area (Å²) in [7, 11) is 0. The van der Waals surface area contributed by atoms with Gasteiger partial charge in [-0.15, -0.1) is 0 Å². The number of carbonyl (C=O) groups excluding carboxylic acids is 2. The lowest BCUT2D eigenvalue weighted by Gasteiger charge is -2.34. The van der Waals surface area contributed by atoms with Crippen LogP contribution in [0.5, 0.6) is 11.5 Å². The molecule has 254 valence electrons. The van der Waals surface area contributed by atoms with Gasteiger partial charge in [0.25, 0.3) is 11.8 Å². The van der Waals surface area contributed by atoms with Crippen molar-refractivity contribution in [2.75, 3.05) is 10.6 Å². The third-order valence-electron chi connectivity index (χ3n) is 9.66. The van der Waals surface area contributed by atoms with Gasteiger partial charge in [0, 0.05) is 11.4 Å². The van der Waals surface area contributed by atoms with Gasteiger partial charge in [-0.2, -0.15) is 0 Å². The highest BCUT2D eigenvalue weighted by atomic mass is 16.5. The molecule has 0 unspecified atom stereocenters. The molecule has 1 aliphatic carbocycles. The number of benzene rings is 6. The SMILES string of the molecule is Cc1ccccc1O[C@@H](C)C(=O)Nc1ccc(C2(c3ccc(NC(=O)[C@H](C)Oc4ccccc4C)cc3)c3ccccc3-c3ccccc32)cc1. The molecular formula is C45H40N2O4. The maximum atomic E-state index is 13.2. The average Bonchev–Trinajstić information content (AvgIpc) is 3.45. The number of carbonyl (C=O) groups is 2. The third kappa shape index (κ3) is 6.37. The molecule has 6 aromatic rings. The van der Waals surface area contributed by atoms with E-state index in [0.717, 1.165) is 22.3 Å². The van der Waals surface area contributed by atoms with Crippen LogP contribution in [0.15, 0.2) is 146 Å². The molecule has 0 aromatic heterocycles. The molecule has 0 saturated heterocycles. The first-order chi connectivity index (χ1) is 24.8. The highest BCUT2D eigenvalue weighted by Crippen LogP contribution is 2.56.